The third-order valence-corrected chi connectivity index (χ3v) is 5.57. The summed E-state index contributed by atoms with van der Waals surface area (Å²) in [6, 6.07) is 7.11. The largest absolute Gasteiger partial charge is 0.497 e. The number of aryl methyl sites for hydroxylation is 1. The molecule has 0 saturated heterocycles. The predicted octanol–water partition coefficient (Wildman–Crippen LogP) is 2.83. The number of H-pyrrole nitrogens is 2. The molecule has 0 atom stereocenters. The van der Waals surface area contributed by atoms with Gasteiger partial charge < -0.3 is 24.0 Å². The van der Waals surface area contributed by atoms with Gasteiger partial charge in [-0.15, -0.1) is 0 Å². The second-order valence-electron chi connectivity index (χ2n) is 8.06. The van der Waals surface area contributed by atoms with Crippen LogP contribution in [0.4, 0.5) is 0 Å². The van der Waals surface area contributed by atoms with Crippen LogP contribution < -0.4 is 20.7 Å². The first-order chi connectivity index (χ1) is 17.0. The Bertz CT molecular complexity index is 1620. The maximum Gasteiger partial charge on any atom is 0.332 e. The molecule has 12 nitrogen and oxygen atoms in total. The van der Waals surface area contributed by atoms with Crippen molar-refractivity contribution >= 4 is 22.2 Å². The van der Waals surface area contributed by atoms with E-state index in [9.17, 15) is 9.59 Å². The zero-order chi connectivity index (χ0) is 24.5. The van der Waals surface area contributed by atoms with Crippen molar-refractivity contribution in [3.8, 4) is 23.2 Å². The molecule has 12 heteroatoms. The van der Waals surface area contributed by atoms with E-state index < -0.39 is 5.56 Å². The first-order valence-electron chi connectivity index (χ1n) is 11.4. The van der Waals surface area contributed by atoms with Crippen LogP contribution in [0, 0.1) is 0 Å². The number of nitrogens with one attached hydrogen (secondary N) is 2. The van der Waals surface area contributed by atoms with E-state index in [0.29, 0.717) is 31.0 Å². The lowest BCUT2D eigenvalue weighted by Crippen LogP contribution is -2.40. The summed E-state index contributed by atoms with van der Waals surface area (Å²) in [5, 5.41) is 3.93. The molecule has 0 bridgehead atoms. The lowest BCUT2D eigenvalue weighted by Gasteiger charge is -2.09. The van der Waals surface area contributed by atoms with Crippen LogP contribution in [0.15, 0.2) is 38.4 Å². The molecule has 0 saturated carbocycles. The lowest BCUT2D eigenvalue weighted by atomic mass is 10.3. The Morgan fingerprint density at radius 1 is 1.03 bits per heavy atom. The smallest absolute Gasteiger partial charge is 0.332 e. The van der Waals surface area contributed by atoms with E-state index >= 15 is 0 Å². The average molecular weight is 479 g/mol. The van der Waals surface area contributed by atoms with Crippen LogP contribution in [-0.4, -0.2) is 41.3 Å². The van der Waals surface area contributed by atoms with Crippen LogP contribution in [-0.2, 0) is 19.7 Å². The van der Waals surface area contributed by atoms with Gasteiger partial charge in [0.05, 0.1) is 24.2 Å². The molecule has 2 N–H and O–H groups in total. The van der Waals surface area contributed by atoms with Crippen molar-refractivity contribution in [2.24, 2.45) is 0 Å². The van der Waals surface area contributed by atoms with Crippen LogP contribution in [0.5, 0.6) is 11.6 Å². The van der Waals surface area contributed by atoms with E-state index in [-0.39, 0.29) is 35.3 Å². The first-order valence-corrected chi connectivity index (χ1v) is 11.4. The first kappa shape index (κ1) is 22.4. The van der Waals surface area contributed by atoms with Crippen LogP contribution in [0.3, 0.4) is 0 Å². The Morgan fingerprint density at radius 3 is 2.60 bits per heavy atom. The molecule has 4 aromatic heterocycles. The van der Waals surface area contributed by atoms with Crippen LogP contribution in [0.1, 0.15) is 32.5 Å². The molecular weight excluding hydrogens is 454 g/mol. The van der Waals surface area contributed by atoms with Gasteiger partial charge >= 0.3 is 5.69 Å². The van der Waals surface area contributed by atoms with Crippen LogP contribution >= 0.6 is 0 Å². The fraction of sp³-hybridized carbons (Fsp3) is 0.348. The normalized spacial score (nSPS) is 11.5. The third-order valence-electron chi connectivity index (χ3n) is 5.57. The number of aromatic amines is 2. The van der Waals surface area contributed by atoms with E-state index in [2.05, 4.69) is 25.1 Å². The molecular formula is C23H25N7O5. The molecule has 0 aliphatic rings. The fourth-order valence-electron chi connectivity index (χ4n) is 3.95. The predicted molar refractivity (Wildman–Crippen MR) is 128 cm³/mol. The average Bonchev–Trinajstić information content (AvgIpc) is 3.60. The summed E-state index contributed by atoms with van der Waals surface area (Å²) in [6.45, 7) is 4.79. The molecule has 4 heterocycles. The fourth-order valence-corrected chi connectivity index (χ4v) is 3.95. The van der Waals surface area contributed by atoms with Crippen molar-refractivity contribution in [2.45, 2.75) is 46.4 Å². The number of ether oxygens (including phenoxy) is 2. The topological polar surface area (TPSA) is 146 Å². The molecule has 0 aliphatic carbocycles. The second kappa shape index (κ2) is 9.12. The van der Waals surface area contributed by atoms with Crippen molar-refractivity contribution < 1.29 is 14.0 Å². The van der Waals surface area contributed by atoms with E-state index in [1.165, 1.54) is 9.13 Å². The Kier molecular flexibility index (Phi) is 5.85. The van der Waals surface area contributed by atoms with Gasteiger partial charge in [-0.3, -0.25) is 13.9 Å². The molecule has 0 unspecified atom stereocenters. The van der Waals surface area contributed by atoms with Gasteiger partial charge in [0.1, 0.15) is 18.2 Å². The number of fused-ring (bicyclic) bond motifs is 2. The maximum absolute atomic E-state index is 12.9. The number of methoxy groups -OCH3 is 1. The number of hydrogen-bond acceptors (Lipinski definition) is 8. The monoisotopic (exact) mass is 479 g/mol. The van der Waals surface area contributed by atoms with Gasteiger partial charge in [-0.2, -0.15) is 0 Å². The summed E-state index contributed by atoms with van der Waals surface area (Å²) < 4.78 is 19.1. The molecule has 35 heavy (non-hydrogen) atoms. The highest BCUT2D eigenvalue weighted by molar-refractivity contribution is 5.77. The zero-order valence-corrected chi connectivity index (χ0v) is 19.6. The minimum absolute atomic E-state index is 0.140. The van der Waals surface area contributed by atoms with Gasteiger partial charge in [-0.05, 0) is 30.1 Å². The zero-order valence-electron chi connectivity index (χ0n) is 19.6. The van der Waals surface area contributed by atoms with E-state index in [1.807, 2.05) is 32.0 Å². The van der Waals surface area contributed by atoms with Gasteiger partial charge in [0.2, 0.25) is 5.76 Å². The molecule has 5 rings (SSSR count). The van der Waals surface area contributed by atoms with Crippen molar-refractivity contribution in [2.75, 3.05) is 7.11 Å². The number of benzene rings is 1. The quantitative estimate of drug-likeness (QED) is 0.328. The number of nitrogens with zero attached hydrogens (tertiary/aromatic N) is 5. The van der Waals surface area contributed by atoms with Crippen LogP contribution in [0.2, 0.25) is 0 Å². The number of hydrogen-bond donors (Lipinski definition) is 2. The Balaban J connectivity index is 1.41. The summed E-state index contributed by atoms with van der Waals surface area (Å²) >= 11 is 0. The standard InChI is InChI=1S/C23H25N7O5/c1-4-8-29-21-19(22(31)30(9-5-2)23(29)32)26-20(27-21)16-11-18(28-35-16)34-12-17-24-14-7-6-13(33-3)10-15(14)25-17/h6-7,10-11H,4-5,8-9,12H2,1-3H3,(H,24,25)(H,26,27). The van der Waals surface area contributed by atoms with Crippen molar-refractivity contribution in [3.63, 3.8) is 0 Å². The lowest BCUT2D eigenvalue weighted by molar-refractivity contribution is 0.264. The molecule has 182 valence electrons. The highest BCUT2D eigenvalue weighted by Crippen LogP contribution is 2.24. The molecule has 0 amide bonds. The molecule has 0 aliphatic heterocycles. The maximum atomic E-state index is 12.9. The van der Waals surface area contributed by atoms with Gasteiger partial charge in [-0.25, -0.2) is 14.8 Å². The highest BCUT2D eigenvalue weighted by atomic mass is 16.5. The molecule has 1 aromatic carbocycles. The Morgan fingerprint density at radius 2 is 1.83 bits per heavy atom. The highest BCUT2D eigenvalue weighted by Gasteiger charge is 2.20. The molecule has 5 aromatic rings. The second-order valence-corrected chi connectivity index (χ2v) is 8.06. The minimum atomic E-state index is -0.407. The minimum Gasteiger partial charge on any atom is -0.497 e. The van der Waals surface area contributed by atoms with Gasteiger partial charge in [0.15, 0.2) is 17.0 Å². The summed E-state index contributed by atoms with van der Waals surface area (Å²) in [4.78, 5) is 40.9. The summed E-state index contributed by atoms with van der Waals surface area (Å²) in [7, 11) is 1.61. The summed E-state index contributed by atoms with van der Waals surface area (Å²) in [6.07, 6.45) is 1.38. The molecule has 0 radical (unpaired) electrons. The number of imidazole rings is 2. The van der Waals surface area contributed by atoms with Gasteiger partial charge in [0, 0.05) is 19.2 Å². The number of rotatable bonds is 9. The van der Waals surface area contributed by atoms with Crippen molar-refractivity contribution in [3.05, 3.63) is 50.9 Å². The van der Waals surface area contributed by atoms with E-state index in [0.717, 1.165) is 23.2 Å². The summed E-state index contributed by atoms with van der Waals surface area (Å²) in [5.41, 5.74) is 1.39. The Hall–Kier alpha value is -4.35. The van der Waals surface area contributed by atoms with Gasteiger partial charge in [0.25, 0.3) is 11.4 Å². The molecule has 0 fully saturated rings. The number of aromatic nitrogens is 7. The van der Waals surface area contributed by atoms with Gasteiger partial charge in [-0.1, -0.05) is 13.8 Å². The third kappa shape index (κ3) is 4.07. The molecule has 0 spiro atoms. The Labute approximate surface area is 198 Å². The van der Waals surface area contributed by atoms with E-state index in [4.69, 9.17) is 14.0 Å². The summed E-state index contributed by atoms with van der Waals surface area (Å²) in [5.74, 6) is 2.14. The van der Waals surface area contributed by atoms with E-state index in [1.54, 1.807) is 13.2 Å². The SMILES string of the molecule is CCCn1c(=O)c2[nH]c(-c3cc(OCc4nc5ccc(OC)cc5[nH]4)no3)nc2n(CCC)c1=O. The van der Waals surface area contributed by atoms with Crippen molar-refractivity contribution in [1.29, 1.82) is 0 Å². The van der Waals surface area contributed by atoms with Crippen LogP contribution in [0.25, 0.3) is 33.8 Å². The van der Waals surface area contributed by atoms with Crippen molar-refractivity contribution in [1.82, 2.24) is 34.2 Å².